The van der Waals surface area contributed by atoms with Crippen LogP contribution >= 0.6 is 0 Å². The number of hydrogen-bond donors (Lipinski definition) is 0. The maximum Gasteiger partial charge on any atom is 0.131 e. The Balaban J connectivity index is 1.98. The van der Waals surface area contributed by atoms with Crippen molar-refractivity contribution < 1.29 is 14.2 Å². The van der Waals surface area contributed by atoms with Gasteiger partial charge in [0.25, 0.3) is 0 Å². The Morgan fingerprint density at radius 3 is 2.21 bits per heavy atom. The summed E-state index contributed by atoms with van der Waals surface area (Å²) in [5.41, 5.74) is 3.32. The summed E-state index contributed by atoms with van der Waals surface area (Å²) in [6.07, 6.45) is 0. The van der Waals surface area contributed by atoms with E-state index in [9.17, 15) is 0 Å². The fraction of sp³-hybridized carbons (Fsp3) is 0.143. The molecule has 0 aliphatic carbocycles. The Labute approximate surface area is 141 Å². The molecule has 0 saturated carbocycles. The van der Waals surface area contributed by atoms with Crippen molar-refractivity contribution in [3.8, 4) is 23.0 Å². The standard InChI is InChI=1S/C21H18O3/c1-22-14-11-12-20-17(13-14)21(15-7-3-5-9-18(15)23-2)16-8-4-6-10-19(16)24-20/h3-13,21H,1-2H3. The lowest BCUT2D eigenvalue weighted by Gasteiger charge is -2.29. The van der Waals surface area contributed by atoms with Crippen molar-refractivity contribution in [3.63, 3.8) is 0 Å². The Hall–Kier alpha value is -2.94. The number of benzene rings is 3. The van der Waals surface area contributed by atoms with E-state index in [0.717, 1.165) is 39.7 Å². The van der Waals surface area contributed by atoms with E-state index in [1.54, 1.807) is 14.2 Å². The van der Waals surface area contributed by atoms with Crippen LogP contribution in [0.1, 0.15) is 22.6 Å². The molecule has 24 heavy (non-hydrogen) atoms. The van der Waals surface area contributed by atoms with Gasteiger partial charge in [0.1, 0.15) is 23.0 Å². The molecule has 1 aliphatic rings. The van der Waals surface area contributed by atoms with Crippen LogP contribution in [0.25, 0.3) is 0 Å². The second kappa shape index (κ2) is 5.93. The van der Waals surface area contributed by atoms with Crippen LogP contribution in [0.15, 0.2) is 66.7 Å². The van der Waals surface area contributed by atoms with Crippen LogP contribution in [0.2, 0.25) is 0 Å². The average molecular weight is 318 g/mol. The van der Waals surface area contributed by atoms with Gasteiger partial charge in [-0.1, -0.05) is 36.4 Å². The van der Waals surface area contributed by atoms with Crippen molar-refractivity contribution in [3.05, 3.63) is 83.4 Å². The third kappa shape index (κ3) is 2.29. The highest BCUT2D eigenvalue weighted by atomic mass is 16.5. The van der Waals surface area contributed by atoms with Crippen LogP contribution in [0.5, 0.6) is 23.0 Å². The molecule has 0 spiro atoms. The van der Waals surface area contributed by atoms with Crippen LogP contribution in [-0.2, 0) is 0 Å². The zero-order chi connectivity index (χ0) is 16.5. The van der Waals surface area contributed by atoms with E-state index in [2.05, 4.69) is 12.1 Å². The summed E-state index contributed by atoms with van der Waals surface area (Å²) in [4.78, 5) is 0. The van der Waals surface area contributed by atoms with Gasteiger partial charge in [-0.3, -0.25) is 0 Å². The zero-order valence-electron chi connectivity index (χ0n) is 13.7. The van der Waals surface area contributed by atoms with Gasteiger partial charge in [-0.05, 0) is 30.3 Å². The molecule has 3 aromatic carbocycles. The average Bonchev–Trinajstić information content (AvgIpc) is 2.65. The van der Waals surface area contributed by atoms with Gasteiger partial charge < -0.3 is 14.2 Å². The van der Waals surface area contributed by atoms with E-state index in [0.29, 0.717) is 0 Å². The SMILES string of the molecule is COc1ccc2c(c1)C(c1ccccc1OC)c1ccccc1O2. The third-order valence-corrected chi connectivity index (χ3v) is 4.43. The molecule has 3 aromatic rings. The molecule has 0 amide bonds. The van der Waals surface area contributed by atoms with Gasteiger partial charge in [0.15, 0.2) is 0 Å². The van der Waals surface area contributed by atoms with E-state index >= 15 is 0 Å². The fourth-order valence-electron chi connectivity index (χ4n) is 3.31. The molecule has 120 valence electrons. The topological polar surface area (TPSA) is 27.7 Å². The zero-order valence-corrected chi connectivity index (χ0v) is 13.7. The number of hydrogen-bond acceptors (Lipinski definition) is 3. The minimum Gasteiger partial charge on any atom is -0.497 e. The molecule has 0 N–H and O–H groups in total. The second-order valence-corrected chi connectivity index (χ2v) is 5.72. The molecule has 1 atom stereocenters. The van der Waals surface area contributed by atoms with Crippen LogP contribution in [-0.4, -0.2) is 14.2 Å². The van der Waals surface area contributed by atoms with Gasteiger partial charge in [-0.15, -0.1) is 0 Å². The molecule has 1 heterocycles. The van der Waals surface area contributed by atoms with Crippen molar-refractivity contribution in [2.24, 2.45) is 0 Å². The van der Waals surface area contributed by atoms with Gasteiger partial charge in [0, 0.05) is 22.6 Å². The summed E-state index contributed by atoms with van der Waals surface area (Å²) in [5, 5.41) is 0. The molecule has 0 fully saturated rings. The van der Waals surface area contributed by atoms with Crippen molar-refractivity contribution in [1.29, 1.82) is 0 Å². The van der Waals surface area contributed by atoms with Gasteiger partial charge in [0.2, 0.25) is 0 Å². The smallest absolute Gasteiger partial charge is 0.131 e. The number of ether oxygens (including phenoxy) is 3. The summed E-state index contributed by atoms with van der Waals surface area (Å²) in [6, 6.07) is 22.2. The van der Waals surface area contributed by atoms with E-state index in [1.807, 2.05) is 54.6 Å². The maximum atomic E-state index is 6.11. The van der Waals surface area contributed by atoms with E-state index in [1.165, 1.54) is 0 Å². The van der Waals surface area contributed by atoms with E-state index in [4.69, 9.17) is 14.2 Å². The Morgan fingerprint density at radius 1 is 0.708 bits per heavy atom. The summed E-state index contributed by atoms with van der Waals surface area (Å²) < 4.78 is 17.1. The number of rotatable bonds is 3. The third-order valence-electron chi connectivity index (χ3n) is 4.43. The second-order valence-electron chi connectivity index (χ2n) is 5.72. The maximum absolute atomic E-state index is 6.11. The lowest BCUT2D eigenvalue weighted by molar-refractivity contribution is 0.401. The van der Waals surface area contributed by atoms with Crippen molar-refractivity contribution in [2.45, 2.75) is 5.92 Å². The lowest BCUT2D eigenvalue weighted by atomic mass is 9.82. The molecule has 0 saturated heterocycles. The van der Waals surface area contributed by atoms with Gasteiger partial charge in [0.05, 0.1) is 14.2 Å². The van der Waals surface area contributed by atoms with Gasteiger partial charge >= 0.3 is 0 Å². The Morgan fingerprint density at radius 2 is 1.42 bits per heavy atom. The quantitative estimate of drug-likeness (QED) is 0.532. The van der Waals surface area contributed by atoms with E-state index < -0.39 is 0 Å². The first-order valence-corrected chi connectivity index (χ1v) is 7.89. The molecule has 0 radical (unpaired) electrons. The molecule has 0 bridgehead atoms. The summed E-state index contributed by atoms with van der Waals surface area (Å²) >= 11 is 0. The van der Waals surface area contributed by atoms with Crippen molar-refractivity contribution in [1.82, 2.24) is 0 Å². The highest BCUT2D eigenvalue weighted by Gasteiger charge is 2.30. The largest absolute Gasteiger partial charge is 0.497 e. The van der Waals surface area contributed by atoms with E-state index in [-0.39, 0.29) is 5.92 Å². The van der Waals surface area contributed by atoms with Gasteiger partial charge in [-0.2, -0.15) is 0 Å². The Bertz CT molecular complexity index is 886. The van der Waals surface area contributed by atoms with Crippen LogP contribution in [0.4, 0.5) is 0 Å². The van der Waals surface area contributed by atoms with Crippen LogP contribution < -0.4 is 14.2 Å². The number of para-hydroxylation sites is 2. The predicted molar refractivity (Wildman–Crippen MR) is 93.4 cm³/mol. The molecular formula is C21H18O3. The Kier molecular flexibility index (Phi) is 3.62. The first-order chi connectivity index (χ1) is 11.8. The number of fused-ring (bicyclic) bond motifs is 2. The van der Waals surface area contributed by atoms with Crippen LogP contribution in [0.3, 0.4) is 0 Å². The monoisotopic (exact) mass is 318 g/mol. The fourth-order valence-corrected chi connectivity index (χ4v) is 3.31. The predicted octanol–water partition coefficient (Wildman–Crippen LogP) is 4.99. The highest BCUT2D eigenvalue weighted by molar-refractivity contribution is 5.61. The first kappa shape index (κ1) is 14.6. The molecule has 1 unspecified atom stereocenters. The highest BCUT2D eigenvalue weighted by Crippen LogP contribution is 2.49. The molecule has 4 rings (SSSR count). The minimum absolute atomic E-state index is 0.0381. The summed E-state index contributed by atoms with van der Waals surface area (Å²) in [7, 11) is 3.38. The first-order valence-electron chi connectivity index (χ1n) is 7.89. The summed E-state index contributed by atoms with van der Waals surface area (Å²) in [6.45, 7) is 0. The van der Waals surface area contributed by atoms with Crippen LogP contribution in [0, 0.1) is 0 Å². The molecular weight excluding hydrogens is 300 g/mol. The lowest BCUT2D eigenvalue weighted by Crippen LogP contribution is -2.12. The van der Waals surface area contributed by atoms with Crippen molar-refractivity contribution in [2.75, 3.05) is 14.2 Å². The summed E-state index contributed by atoms with van der Waals surface area (Å²) in [5.74, 6) is 3.46. The molecule has 1 aliphatic heterocycles. The molecule has 0 aromatic heterocycles. The minimum atomic E-state index is 0.0381. The molecule has 3 nitrogen and oxygen atoms in total. The van der Waals surface area contributed by atoms with Gasteiger partial charge in [-0.25, -0.2) is 0 Å². The molecule has 3 heteroatoms. The normalized spacial score (nSPS) is 15.0. The van der Waals surface area contributed by atoms with Crippen molar-refractivity contribution >= 4 is 0 Å². The number of methoxy groups -OCH3 is 2.